The van der Waals surface area contributed by atoms with Crippen molar-refractivity contribution < 1.29 is 19.5 Å². The summed E-state index contributed by atoms with van der Waals surface area (Å²) in [5.41, 5.74) is 0.993. The van der Waals surface area contributed by atoms with Gasteiger partial charge in [-0.3, -0.25) is 14.4 Å². The van der Waals surface area contributed by atoms with Gasteiger partial charge >= 0.3 is 0 Å². The third-order valence-corrected chi connectivity index (χ3v) is 10.1. The first-order valence-electron chi connectivity index (χ1n) is 13.2. The number of benzene rings is 1. The number of carbonyl (C=O) groups excluding carboxylic acids is 3. The van der Waals surface area contributed by atoms with Gasteiger partial charge < -0.3 is 19.8 Å². The van der Waals surface area contributed by atoms with Crippen molar-refractivity contribution in [1.82, 2.24) is 14.7 Å². The van der Waals surface area contributed by atoms with Crippen molar-refractivity contribution >= 4 is 29.5 Å². The van der Waals surface area contributed by atoms with Crippen LogP contribution in [0.5, 0.6) is 0 Å². The smallest absolute Gasteiger partial charge is 0.247 e. The summed E-state index contributed by atoms with van der Waals surface area (Å²) in [6.07, 6.45) is 5.70. The number of nitrogens with zero attached hydrogens (tertiary/aromatic N) is 3. The Morgan fingerprint density at radius 2 is 1.81 bits per heavy atom. The second-order valence-corrected chi connectivity index (χ2v) is 12.4. The topological polar surface area (TPSA) is 81.2 Å². The zero-order valence-electron chi connectivity index (χ0n) is 22.0. The summed E-state index contributed by atoms with van der Waals surface area (Å²) < 4.78 is -1.11. The van der Waals surface area contributed by atoms with Gasteiger partial charge in [0, 0.05) is 37.5 Å². The molecule has 1 spiro atoms. The highest BCUT2D eigenvalue weighted by molar-refractivity contribution is 8.02. The third-order valence-electron chi connectivity index (χ3n) is 8.15. The maximum Gasteiger partial charge on any atom is 0.247 e. The fourth-order valence-corrected chi connectivity index (χ4v) is 9.05. The molecule has 3 heterocycles. The van der Waals surface area contributed by atoms with E-state index in [-0.39, 0.29) is 30.9 Å². The first-order valence-corrected chi connectivity index (χ1v) is 14.0. The maximum absolute atomic E-state index is 14.3. The number of hydrogen-bond donors (Lipinski definition) is 1. The van der Waals surface area contributed by atoms with Crippen LogP contribution >= 0.6 is 11.8 Å². The van der Waals surface area contributed by atoms with E-state index in [9.17, 15) is 19.5 Å². The van der Waals surface area contributed by atoms with Gasteiger partial charge in [-0.1, -0.05) is 49.4 Å². The molecule has 3 aliphatic heterocycles. The van der Waals surface area contributed by atoms with Crippen LogP contribution < -0.4 is 0 Å². The van der Waals surface area contributed by atoms with Gasteiger partial charge in [0.05, 0.1) is 23.2 Å². The molecule has 3 saturated heterocycles. The third kappa shape index (κ3) is 4.63. The van der Waals surface area contributed by atoms with E-state index in [1.807, 2.05) is 37.3 Å². The van der Waals surface area contributed by atoms with Gasteiger partial charge in [0.15, 0.2) is 0 Å². The van der Waals surface area contributed by atoms with E-state index in [1.54, 1.807) is 38.6 Å². The zero-order valence-corrected chi connectivity index (χ0v) is 22.8. The highest BCUT2D eigenvalue weighted by atomic mass is 32.2. The van der Waals surface area contributed by atoms with E-state index in [4.69, 9.17) is 0 Å². The predicted molar refractivity (Wildman–Crippen MR) is 147 cm³/mol. The number of rotatable bonds is 12. The molecule has 0 aromatic heterocycles. The molecule has 0 saturated carbocycles. The van der Waals surface area contributed by atoms with Crippen LogP contribution in [0.4, 0.5) is 0 Å². The Morgan fingerprint density at radius 1 is 1.14 bits per heavy atom. The highest BCUT2D eigenvalue weighted by Crippen LogP contribution is 2.71. The van der Waals surface area contributed by atoms with Crippen LogP contribution in [0.15, 0.2) is 55.6 Å². The average molecular weight is 526 g/mol. The molecular formula is C29H39N3O4S. The number of β-amino-alcohol motifs (C(OH)–C–C–N with tert-alkyl or cyclic N) is 1. The maximum atomic E-state index is 14.3. The van der Waals surface area contributed by atoms with E-state index in [0.29, 0.717) is 32.6 Å². The minimum atomic E-state index is -0.732. The molecule has 3 aliphatic rings. The molecule has 8 heteroatoms. The summed E-state index contributed by atoms with van der Waals surface area (Å²) in [7, 11) is 0. The molecule has 4 rings (SSSR count). The van der Waals surface area contributed by atoms with E-state index in [2.05, 4.69) is 20.1 Å². The second kappa shape index (κ2) is 11.0. The summed E-state index contributed by atoms with van der Waals surface area (Å²) >= 11 is 1.66. The summed E-state index contributed by atoms with van der Waals surface area (Å²) in [5.74, 6) is -1.45. The molecule has 7 nitrogen and oxygen atoms in total. The lowest BCUT2D eigenvalue weighted by molar-refractivity contribution is -0.146. The molecule has 37 heavy (non-hydrogen) atoms. The summed E-state index contributed by atoms with van der Waals surface area (Å²) in [4.78, 5) is 47.4. The van der Waals surface area contributed by atoms with Crippen LogP contribution in [0.1, 0.15) is 38.7 Å². The molecule has 3 amide bonds. The van der Waals surface area contributed by atoms with E-state index in [0.717, 1.165) is 18.4 Å². The Balaban J connectivity index is 1.73. The van der Waals surface area contributed by atoms with Crippen LogP contribution in [0, 0.1) is 11.8 Å². The summed E-state index contributed by atoms with van der Waals surface area (Å²) in [6.45, 7) is 13.4. The highest BCUT2D eigenvalue weighted by Gasteiger charge is 2.77. The van der Waals surface area contributed by atoms with Gasteiger partial charge in [-0.2, -0.15) is 0 Å². The van der Waals surface area contributed by atoms with Crippen LogP contribution in [0.25, 0.3) is 0 Å². The van der Waals surface area contributed by atoms with Crippen molar-refractivity contribution in [2.45, 2.75) is 55.2 Å². The summed E-state index contributed by atoms with van der Waals surface area (Å²) in [5, 5.41) is 9.88. The van der Waals surface area contributed by atoms with Crippen molar-refractivity contribution in [1.29, 1.82) is 0 Å². The van der Waals surface area contributed by atoms with Crippen molar-refractivity contribution in [3.05, 3.63) is 61.2 Å². The molecule has 2 bridgehead atoms. The van der Waals surface area contributed by atoms with E-state index >= 15 is 0 Å². The quantitative estimate of drug-likeness (QED) is 0.424. The minimum Gasteiger partial charge on any atom is -0.395 e. The van der Waals surface area contributed by atoms with Crippen molar-refractivity contribution in [3.8, 4) is 0 Å². The van der Waals surface area contributed by atoms with Crippen LogP contribution in [-0.2, 0) is 20.9 Å². The van der Waals surface area contributed by atoms with Crippen LogP contribution in [0.2, 0.25) is 0 Å². The number of likely N-dealkylation sites (tertiary alicyclic amines) is 1. The fraction of sp³-hybridized carbons (Fsp3) is 0.552. The van der Waals surface area contributed by atoms with Crippen molar-refractivity contribution in [3.63, 3.8) is 0 Å². The molecule has 0 aliphatic carbocycles. The van der Waals surface area contributed by atoms with Crippen LogP contribution in [-0.4, -0.2) is 85.8 Å². The summed E-state index contributed by atoms with van der Waals surface area (Å²) in [6, 6.07) is 9.03. The van der Waals surface area contributed by atoms with Gasteiger partial charge in [-0.25, -0.2) is 0 Å². The largest absolute Gasteiger partial charge is 0.395 e. The molecule has 3 fully saturated rings. The van der Waals surface area contributed by atoms with Gasteiger partial charge in [0.1, 0.15) is 6.04 Å². The normalized spacial score (nSPS) is 29.8. The number of aliphatic hydroxyl groups excluding tert-OH is 1. The monoisotopic (exact) mass is 525 g/mol. The molecule has 1 N–H and O–H groups in total. The van der Waals surface area contributed by atoms with Gasteiger partial charge in [-0.05, 0) is 31.7 Å². The van der Waals surface area contributed by atoms with Gasteiger partial charge in [0.25, 0.3) is 0 Å². The number of thioether (sulfide) groups is 1. The van der Waals surface area contributed by atoms with Gasteiger partial charge in [-0.15, -0.1) is 24.9 Å². The minimum absolute atomic E-state index is 0.0269. The molecule has 1 aromatic carbocycles. The lowest BCUT2D eigenvalue weighted by Crippen LogP contribution is -2.55. The predicted octanol–water partition coefficient (Wildman–Crippen LogP) is 3.10. The Morgan fingerprint density at radius 3 is 2.43 bits per heavy atom. The molecule has 1 aromatic rings. The number of fused-ring (bicyclic) bond motifs is 1. The molecular weight excluding hydrogens is 486 g/mol. The lowest BCUT2D eigenvalue weighted by atomic mass is 9.66. The zero-order chi connectivity index (χ0) is 26.8. The standard InChI is InChI=1S/C29H39N3O4S/c1-5-15-30(16-6-2)25(34)22-23-26(35)32(18-19-33)24(29(23)14-13-28(22,4)37-29)27(36)31(17-7-3)20-21-11-9-8-10-12-21/h5,7-12,22-24,33H,1,3,6,13-20H2,2,4H3/t22-,23-,24?,28+,29?/m0/s1. The molecule has 200 valence electrons. The first kappa shape index (κ1) is 27.5. The second-order valence-electron chi connectivity index (χ2n) is 10.5. The van der Waals surface area contributed by atoms with Crippen molar-refractivity contribution in [2.24, 2.45) is 11.8 Å². The Labute approximate surface area is 224 Å². The van der Waals surface area contributed by atoms with Crippen LogP contribution in [0.3, 0.4) is 0 Å². The number of amides is 3. The lowest BCUT2D eigenvalue weighted by Gasteiger charge is -2.38. The first-order chi connectivity index (χ1) is 17.8. The van der Waals surface area contributed by atoms with Crippen molar-refractivity contribution in [2.75, 3.05) is 32.8 Å². The number of hydrogen-bond acceptors (Lipinski definition) is 5. The van der Waals surface area contributed by atoms with E-state index < -0.39 is 27.4 Å². The molecule has 0 radical (unpaired) electrons. The Kier molecular flexibility index (Phi) is 8.19. The number of carbonyl (C=O) groups is 3. The molecule has 5 atom stereocenters. The SMILES string of the molecule is C=CCN(Cc1ccccc1)C(=O)C1N(CCO)C(=O)[C@@H]2[C@@H](C(=O)N(CC=C)CCC)[C@@]3(C)CCC12S3. The molecule has 2 unspecified atom stereocenters. The Hall–Kier alpha value is -2.58. The fourth-order valence-electron chi connectivity index (χ4n) is 6.71. The average Bonchev–Trinajstić information content (AvgIpc) is 3.45. The van der Waals surface area contributed by atoms with Gasteiger partial charge in [0.2, 0.25) is 17.7 Å². The van der Waals surface area contributed by atoms with E-state index in [1.165, 1.54) is 0 Å². The Bertz CT molecular complexity index is 1050. The number of aliphatic hydroxyl groups is 1.